The Labute approximate surface area is 107 Å². The lowest BCUT2D eigenvalue weighted by atomic mass is 10.1. The third-order valence-electron chi connectivity index (χ3n) is 2.71. The average Bonchev–Trinajstić information content (AvgIpc) is 2.40. The molecule has 0 aliphatic heterocycles. The van der Waals surface area contributed by atoms with Gasteiger partial charge in [-0.05, 0) is 24.1 Å². The molecule has 4 nitrogen and oxygen atoms in total. The second-order valence-corrected chi connectivity index (χ2v) is 3.99. The predicted molar refractivity (Wildman–Crippen MR) is 74.0 cm³/mol. The number of nitrogens with zero attached hydrogens (tertiary/aromatic N) is 1. The van der Waals surface area contributed by atoms with Gasteiger partial charge < -0.3 is 15.8 Å². The van der Waals surface area contributed by atoms with Crippen LogP contribution in [-0.2, 0) is 11.2 Å². The van der Waals surface area contributed by atoms with Crippen molar-refractivity contribution >= 4 is 17.1 Å². The molecule has 0 saturated heterocycles. The van der Waals surface area contributed by atoms with Crippen LogP contribution in [0, 0.1) is 0 Å². The standard InChI is InChI=1S/C14H17N3O/c1-18-9-7-11-4-2-3-5-13(11)17-14-6-8-16-10-12(14)15/h2-6,8,10H,7,9,15H2,1H3,(H,16,17). The Hall–Kier alpha value is -2.07. The van der Waals surface area contributed by atoms with Crippen molar-refractivity contribution in [2.45, 2.75) is 6.42 Å². The monoisotopic (exact) mass is 243 g/mol. The molecule has 18 heavy (non-hydrogen) atoms. The maximum atomic E-state index is 5.87. The lowest BCUT2D eigenvalue weighted by Crippen LogP contribution is -2.02. The molecular weight excluding hydrogens is 226 g/mol. The van der Waals surface area contributed by atoms with Crippen LogP contribution in [0.4, 0.5) is 17.1 Å². The van der Waals surface area contributed by atoms with Crippen molar-refractivity contribution in [2.24, 2.45) is 0 Å². The summed E-state index contributed by atoms with van der Waals surface area (Å²) in [4.78, 5) is 3.97. The first kappa shape index (κ1) is 12.4. The van der Waals surface area contributed by atoms with Gasteiger partial charge in [0.1, 0.15) is 0 Å². The molecule has 2 aromatic rings. The first-order chi connectivity index (χ1) is 8.81. The summed E-state index contributed by atoms with van der Waals surface area (Å²) >= 11 is 0. The van der Waals surface area contributed by atoms with E-state index < -0.39 is 0 Å². The van der Waals surface area contributed by atoms with Crippen molar-refractivity contribution in [1.29, 1.82) is 0 Å². The van der Waals surface area contributed by atoms with Gasteiger partial charge in [0.25, 0.3) is 0 Å². The third kappa shape index (κ3) is 2.99. The zero-order valence-corrected chi connectivity index (χ0v) is 10.4. The van der Waals surface area contributed by atoms with Gasteiger partial charge in [0, 0.05) is 19.0 Å². The molecule has 0 aliphatic carbocycles. The van der Waals surface area contributed by atoms with Crippen LogP contribution in [0.25, 0.3) is 0 Å². The fourth-order valence-corrected chi connectivity index (χ4v) is 1.74. The van der Waals surface area contributed by atoms with E-state index in [1.54, 1.807) is 19.5 Å². The molecule has 0 spiro atoms. The molecule has 0 amide bonds. The van der Waals surface area contributed by atoms with Crippen LogP contribution < -0.4 is 11.1 Å². The van der Waals surface area contributed by atoms with Gasteiger partial charge in [-0.15, -0.1) is 0 Å². The van der Waals surface area contributed by atoms with Crippen molar-refractivity contribution in [3.63, 3.8) is 0 Å². The van der Waals surface area contributed by atoms with E-state index in [0.717, 1.165) is 17.8 Å². The fraction of sp³-hybridized carbons (Fsp3) is 0.214. The molecule has 2 rings (SSSR count). The number of methoxy groups -OCH3 is 1. The van der Waals surface area contributed by atoms with E-state index >= 15 is 0 Å². The molecule has 0 saturated carbocycles. The van der Waals surface area contributed by atoms with Crippen LogP contribution in [0.3, 0.4) is 0 Å². The van der Waals surface area contributed by atoms with Gasteiger partial charge in [0.2, 0.25) is 0 Å². The zero-order valence-electron chi connectivity index (χ0n) is 10.4. The van der Waals surface area contributed by atoms with E-state index in [0.29, 0.717) is 12.3 Å². The normalized spacial score (nSPS) is 10.3. The molecule has 1 aromatic carbocycles. The number of ether oxygens (including phenoxy) is 1. The van der Waals surface area contributed by atoms with Gasteiger partial charge in [-0.3, -0.25) is 4.98 Å². The van der Waals surface area contributed by atoms with E-state index in [2.05, 4.69) is 16.4 Å². The average molecular weight is 243 g/mol. The molecular formula is C14H17N3O. The predicted octanol–water partition coefficient (Wildman–Crippen LogP) is 2.60. The zero-order chi connectivity index (χ0) is 12.8. The van der Waals surface area contributed by atoms with Gasteiger partial charge >= 0.3 is 0 Å². The summed E-state index contributed by atoms with van der Waals surface area (Å²) in [5.41, 5.74) is 9.63. The molecule has 0 unspecified atom stereocenters. The lowest BCUT2D eigenvalue weighted by molar-refractivity contribution is 0.202. The largest absolute Gasteiger partial charge is 0.396 e. The minimum absolute atomic E-state index is 0.638. The van der Waals surface area contributed by atoms with E-state index in [-0.39, 0.29) is 0 Å². The minimum Gasteiger partial charge on any atom is -0.396 e. The van der Waals surface area contributed by atoms with E-state index in [1.807, 2.05) is 24.3 Å². The van der Waals surface area contributed by atoms with Crippen molar-refractivity contribution in [1.82, 2.24) is 4.98 Å². The summed E-state index contributed by atoms with van der Waals surface area (Å²) in [7, 11) is 1.71. The molecule has 0 aliphatic rings. The van der Waals surface area contributed by atoms with Crippen molar-refractivity contribution in [2.75, 3.05) is 24.8 Å². The summed E-state index contributed by atoms with van der Waals surface area (Å²) < 4.78 is 5.11. The highest BCUT2D eigenvalue weighted by Gasteiger charge is 2.04. The van der Waals surface area contributed by atoms with Crippen molar-refractivity contribution in [3.8, 4) is 0 Å². The van der Waals surface area contributed by atoms with Gasteiger partial charge in [0.05, 0.1) is 24.2 Å². The molecule has 3 N–H and O–H groups in total. The molecule has 0 radical (unpaired) electrons. The number of rotatable bonds is 5. The Bertz CT molecular complexity index is 514. The SMILES string of the molecule is COCCc1ccccc1Nc1ccncc1N. The number of nitrogens with one attached hydrogen (secondary N) is 1. The van der Waals surface area contributed by atoms with E-state index in [4.69, 9.17) is 10.5 Å². The van der Waals surface area contributed by atoms with Crippen molar-refractivity contribution in [3.05, 3.63) is 48.3 Å². The number of benzene rings is 1. The number of aromatic nitrogens is 1. The summed E-state index contributed by atoms with van der Waals surface area (Å²) in [6, 6.07) is 9.99. The summed E-state index contributed by atoms with van der Waals surface area (Å²) in [6.45, 7) is 0.699. The Morgan fingerprint density at radius 1 is 1.22 bits per heavy atom. The first-order valence-corrected chi connectivity index (χ1v) is 5.84. The van der Waals surface area contributed by atoms with Gasteiger partial charge in [-0.25, -0.2) is 0 Å². The summed E-state index contributed by atoms with van der Waals surface area (Å²) in [5.74, 6) is 0. The number of hydrogen-bond acceptors (Lipinski definition) is 4. The molecule has 1 aromatic heterocycles. The van der Waals surface area contributed by atoms with Crippen LogP contribution in [0.5, 0.6) is 0 Å². The maximum Gasteiger partial charge on any atom is 0.0739 e. The minimum atomic E-state index is 0.638. The van der Waals surface area contributed by atoms with Crippen LogP contribution >= 0.6 is 0 Å². The molecule has 0 fully saturated rings. The van der Waals surface area contributed by atoms with Crippen LogP contribution in [0.1, 0.15) is 5.56 Å². The quantitative estimate of drug-likeness (QED) is 0.847. The smallest absolute Gasteiger partial charge is 0.0739 e. The number of nitrogens with two attached hydrogens (primary N) is 1. The highest BCUT2D eigenvalue weighted by atomic mass is 16.5. The Kier molecular flexibility index (Phi) is 4.15. The van der Waals surface area contributed by atoms with Gasteiger partial charge in [-0.2, -0.15) is 0 Å². The van der Waals surface area contributed by atoms with E-state index in [9.17, 15) is 0 Å². The number of para-hydroxylation sites is 1. The third-order valence-corrected chi connectivity index (χ3v) is 2.71. The summed E-state index contributed by atoms with van der Waals surface area (Å²) in [6.07, 6.45) is 4.22. The highest BCUT2D eigenvalue weighted by molar-refractivity contribution is 5.72. The molecule has 1 heterocycles. The fourth-order valence-electron chi connectivity index (χ4n) is 1.74. The maximum absolute atomic E-state index is 5.87. The molecule has 94 valence electrons. The number of pyridine rings is 1. The van der Waals surface area contributed by atoms with Gasteiger partial charge in [0.15, 0.2) is 0 Å². The number of nitrogen functional groups attached to an aromatic ring is 1. The highest BCUT2D eigenvalue weighted by Crippen LogP contribution is 2.24. The van der Waals surface area contributed by atoms with Crippen LogP contribution in [0.2, 0.25) is 0 Å². The Balaban J connectivity index is 2.21. The van der Waals surface area contributed by atoms with Gasteiger partial charge in [-0.1, -0.05) is 18.2 Å². The second kappa shape index (κ2) is 6.02. The molecule has 4 heteroatoms. The van der Waals surface area contributed by atoms with Crippen LogP contribution in [-0.4, -0.2) is 18.7 Å². The Morgan fingerprint density at radius 3 is 2.83 bits per heavy atom. The first-order valence-electron chi connectivity index (χ1n) is 5.84. The lowest BCUT2D eigenvalue weighted by Gasteiger charge is -2.13. The molecule has 0 atom stereocenters. The second-order valence-electron chi connectivity index (χ2n) is 3.99. The topological polar surface area (TPSA) is 60.2 Å². The van der Waals surface area contributed by atoms with E-state index in [1.165, 1.54) is 5.56 Å². The molecule has 0 bridgehead atoms. The Morgan fingerprint density at radius 2 is 2.06 bits per heavy atom. The number of anilines is 3. The van der Waals surface area contributed by atoms with Crippen LogP contribution in [0.15, 0.2) is 42.7 Å². The number of hydrogen-bond donors (Lipinski definition) is 2. The summed E-state index contributed by atoms with van der Waals surface area (Å²) in [5, 5.41) is 3.33. The van der Waals surface area contributed by atoms with Crippen molar-refractivity contribution < 1.29 is 4.74 Å².